The molecule has 47 heavy (non-hydrogen) atoms. The van der Waals surface area contributed by atoms with Crippen molar-refractivity contribution in [1.29, 1.82) is 0 Å². The molecule has 4 aromatic rings. The van der Waals surface area contributed by atoms with Crippen molar-refractivity contribution in [3.63, 3.8) is 0 Å². The van der Waals surface area contributed by atoms with E-state index in [9.17, 15) is 21.6 Å². The number of methoxy groups -OCH3 is 1. The number of benzene rings is 4. The summed E-state index contributed by atoms with van der Waals surface area (Å²) in [5, 5.41) is 2.77. The Morgan fingerprint density at radius 3 is 2.00 bits per heavy atom. The standard InChI is InChI=1S/C35H42N4O6S2/c1-8-39(9-2)30-21-20-28(23-33(30)47(43,44)38-29-12-10-11-13-31(29)45-7)36-34(40)25-15-18-27(19-16-25)37-46(41,42)32-22-26(35(4,5)6)17-14-24(32)3/h10-23,37-38H,8-9H2,1-7H3,(H,36,40). The fourth-order valence-corrected chi connectivity index (χ4v) is 7.67. The molecule has 0 saturated carbocycles. The number of nitrogens with zero attached hydrogens (tertiary/aromatic N) is 1. The first-order chi connectivity index (χ1) is 22.1. The van der Waals surface area contributed by atoms with E-state index in [0.29, 0.717) is 35.8 Å². The summed E-state index contributed by atoms with van der Waals surface area (Å²) < 4.78 is 64.5. The van der Waals surface area contributed by atoms with Crippen LogP contribution < -0.4 is 24.4 Å². The second kappa shape index (κ2) is 14.1. The average molecular weight is 679 g/mol. The molecule has 0 fully saturated rings. The first-order valence-corrected chi connectivity index (χ1v) is 18.2. The number of nitrogens with one attached hydrogen (secondary N) is 3. The third kappa shape index (κ3) is 8.25. The van der Waals surface area contributed by atoms with Crippen LogP contribution in [0.2, 0.25) is 0 Å². The maximum atomic E-state index is 13.7. The SMILES string of the molecule is CCN(CC)c1ccc(NC(=O)c2ccc(NS(=O)(=O)c3cc(C(C)(C)C)ccc3C)cc2)cc1S(=O)(=O)Nc1ccccc1OC. The van der Waals surface area contributed by atoms with Crippen LogP contribution in [-0.2, 0) is 25.5 Å². The summed E-state index contributed by atoms with van der Waals surface area (Å²) in [4.78, 5) is 15.3. The van der Waals surface area contributed by atoms with Gasteiger partial charge in [0, 0.05) is 30.0 Å². The fraction of sp³-hybridized carbons (Fsp3) is 0.286. The summed E-state index contributed by atoms with van der Waals surface area (Å²) in [5.41, 5.74) is 2.86. The van der Waals surface area contributed by atoms with Gasteiger partial charge >= 0.3 is 0 Å². The molecule has 3 N–H and O–H groups in total. The molecule has 0 heterocycles. The quantitative estimate of drug-likeness (QED) is 0.147. The first kappa shape index (κ1) is 35.3. The summed E-state index contributed by atoms with van der Waals surface area (Å²) in [6.45, 7) is 12.8. The van der Waals surface area contributed by atoms with Gasteiger partial charge in [-0.15, -0.1) is 0 Å². The van der Waals surface area contributed by atoms with Gasteiger partial charge in [0.25, 0.3) is 26.0 Å². The molecule has 250 valence electrons. The number of hydrogen-bond donors (Lipinski definition) is 3. The summed E-state index contributed by atoms with van der Waals surface area (Å²) in [7, 11) is -6.55. The lowest BCUT2D eigenvalue weighted by Gasteiger charge is -2.25. The number of anilines is 4. The zero-order chi connectivity index (χ0) is 34.6. The average Bonchev–Trinajstić information content (AvgIpc) is 3.02. The molecule has 0 spiro atoms. The third-order valence-electron chi connectivity index (χ3n) is 7.71. The molecule has 0 aliphatic rings. The molecule has 4 rings (SSSR count). The van der Waals surface area contributed by atoms with E-state index in [-0.39, 0.29) is 32.1 Å². The molecule has 0 aliphatic heterocycles. The smallest absolute Gasteiger partial charge is 0.264 e. The van der Waals surface area contributed by atoms with Crippen molar-refractivity contribution < 1.29 is 26.4 Å². The predicted molar refractivity (Wildman–Crippen MR) is 189 cm³/mol. The highest BCUT2D eigenvalue weighted by atomic mass is 32.2. The Morgan fingerprint density at radius 1 is 0.766 bits per heavy atom. The molecule has 0 bridgehead atoms. The number of hydrogen-bond acceptors (Lipinski definition) is 7. The van der Waals surface area contributed by atoms with Crippen LogP contribution in [0, 0.1) is 6.92 Å². The van der Waals surface area contributed by atoms with Crippen molar-refractivity contribution in [2.75, 3.05) is 39.9 Å². The van der Waals surface area contributed by atoms with E-state index >= 15 is 0 Å². The monoisotopic (exact) mass is 678 g/mol. The third-order valence-corrected chi connectivity index (χ3v) is 10.6. The number of ether oxygens (including phenoxy) is 1. The van der Waals surface area contributed by atoms with Crippen LogP contribution in [-0.4, -0.2) is 42.9 Å². The van der Waals surface area contributed by atoms with Crippen LogP contribution in [0.1, 0.15) is 56.1 Å². The Morgan fingerprint density at radius 2 is 1.38 bits per heavy atom. The van der Waals surface area contributed by atoms with Gasteiger partial charge in [0.2, 0.25) is 0 Å². The number of carbonyl (C=O) groups excluding carboxylic acids is 1. The molecule has 10 nitrogen and oxygen atoms in total. The molecule has 12 heteroatoms. The lowest BCUT2D eigenvalue weighted by atomic mass is 9.87. The Kier molecular flexibility index (Phi) is 10.6. The van der Waals surface area contributed by atoms with Gasteiger partial charge < -0.3 is 15.0 Å². The van der Waals surface area contributed by atoms with Crippen LogP contribution in [0.15, 0.2) is 94.7 Å². The highest BCUT2D eigenvalue weighted by molar-refractivity contribution is 7.93. The molecule has 0 atom stereocenters. The number of para-hydroxylation sites is 2. The highest BCUT2D eigenvalue weighted by Crippen LogP contribution is 2.33. The van der Waals surface area contributed by atoms with Crippen molar-refractivity contribution in [2.45, 2.75) is 56.7 Å². The lowest BCUT2D eigenvalue weighted by molar-refractivity contribution is 0.102. The molecule has 1 amide bonds. The zero-order valence-electron chi connectivity index (χ0n) is 27.7. The summed E-state index contributed by atoms with van der Waals surface area (Å²) in [5.74, 6) is -0.131. The van der Waals surface area contributed by atoms with Crippen LogP contribution in [0.4, 0.5) is 22.7 Å². The van der Waals surface area contributed by atoms with Gasteiger partial charge in [0.1, 0.15) is 10.6 Å². The maximum Gasteiger partial charge on any atom is 0.264 e. The molecule has 0 saturated heterocycles. The normalized spacial score (nSPS) is 11.9. The van der Waals surface area contributed by atoms with E-state index in [0.717, 1.165) is 5.56 Å². The number of carbonyl (C=O) groups is 1. The second-order valence-electron chi connectivity index (χ2n) is 12.0. The fourth-order valence-electron chi connectivity index (χ4n) is 5.02. The second-order valence-corrected chi connectivity index (χ2v) is 15.3. The van der Waals surface area contributed by atoms with Crippen molar-refractivity contribution in [1.82, 2.24) is 0 Å². The number of sulfonamides is 2. The molecule has 0 radical (unpaired) electrons. The van der Waals surface area contributed by atoms with E-state index in [2.05, 4.69) is 14.8 Å². The van der Waals surface area contributed by atoms with Crippen molar-refractivity contribution >= 4 is 48.7 Å². The van der Waals surface area contributed by atoms with E-state index in [1.165, 1.54) is 37.4 Å². The van der Waals surface area contributed by atoms with Crippen LogP contribution in [0.3, 0.4) is 0 Å². The van der Waals surface area contributed by atoms with Crippen molar-refractivity contribution in [3.8, 4) is 5.75 Å². The Labute approximate surface area is 278 Å². The topological polar surface area (TPSA) is 134 Å². The highest BCUT2D eigenvalue weighted by Gasteiger charge is 2.25. The Balaban J connectivity index is 1.58. The van der Waals surface area contributed by atoms with Gasteiger partial charge in [-0.25, -0.2) is 16.8 Å². The van der Waals surface area contributed by atoms with Gasteiger partial charge in [-0.3, -0.25) is 14.2 Å². The first-order valence-electron chi connectivity index (χ1n) is 15.2. The van der Waals surface area contributed by atoms with E-state index in [1.54, 1.807) is 55.5 Å². The van der Waals surface area contributed by atoms with Crippen LogP contribution >= 0.6 is 0 Å². The molecule has 0 aliphatic carbocycles. The number of rotatable bonds is 12. The molecule has 0 unspecified atom stereocenters. The van der Waals surface area contributed by atoms with Gasteiger partial charge in [0.15, 0.2) is 0 Å². The molecule has 0 aromatic heterocycles. The van der Waals surface area contributed by atoms with E-state index < -0.39 is 26.0 Å². The van der Waals surface area contributed by atoms with Gasteiger partial charge in [0.05, 0.1) is 23.4 Å². The largest absolute Gasteiger partial charge is 0.495 e. The number of aryl methyl sites for hydroxylation is 1. The van der Waals surface area contributed by atoms with Gasteiger partial charge in [-0.2, -0.15) is 0 Å². The van der Waals surface area contributed by atoms with Gasteiger partial charge in [-0.1, -0.05) is 45.0 Å². The van der Waals surface area contributed by atoms with Crippen molar-refractivity contribution in [3.05, 3.63) is 102 Å². The minimum atomic E-state index is -4.11. The predicted octanol–water partition coefficient (Wildman–Crippen LogP) is 7.00. The molecular formula is C35H42N4O6S2. The van der Waals surface area contributed by atoms with Crippen LogP contribution in [0.5, 0.6) is 5.75 Å². The summed E-state index contributed by atoms with van der Waals surface area (Å²) >= 11 is 0. The minimum Gasteiger partial charge on any atom is -0.495 e. The van der Waals surface area contributed by atoms with Crippen LogP contribution in [0.25, 0.3) is 0 Å². The van der Waals surface area contributed by atoms with Crippen molar-refractivity contribution in [2.24, 2.45) is 0 Å². The van der Waals surface area contributed by atoms with E-state index in [4.69, 9.17) is 4.74 Å². The summed E-state index contributed by atoms with van der Waals surface area (Å²) in [6.07, 6.45) is 0. The van der Waals surface area contributed by atoms with E-state index in [1.807, 2.05) is 45.6 Å². The maximum absolute atomic E-state index is 13.7. The Hall–Kier alpha value is -4.55. The molecular weight excluding hydrogens is 637 g/mol. The minimum absolute atomic E-state index is 0.0134. The Bertz CT molecular complexity index is 1970. The summed E-state index contributed by atoms with van der Waals surface area (Å²) in [6, 6.07) is 22.8. The number of amides is 1. The van der Waals surface area contributed by atoms with Gasteiger partial charge in [-0.05, 0) is 98.0 Å². The molecule has 4 aromatic carbocycles. The lowest BCUT2D eigenvalue weighted by Crippen LogP contribution is -2.26. The zero-order valence-corrected chi connectivity index (χ0v) is 29.3.